The van der Waals surface area contributed by atoms with Gasteiger partial charge in [-0.05, 0) is 92.9 Å². The van der Waals surface area contributed by atoms with E-state index in [0.29, 0.717) is 5.92 Å². The van der Waals surface area contributed by atoms with Crippen LogP contribution in [0.25, 0.3) is 55.8 Å². The molecule has 0 amide bonds. The summed E-state index contributed by atoms with van der Waals surface area (Å²) in [5.74, 6) is 0.447. The molecule has 42 heavy (non-hydrogen) atoms. The summed E-state index contributed by atoms with van der Waals surface area (Å²) >= 11 is 0. The van der Waals surface area contributed by atoms with Crippen molar-refractivity contribution < 1.29 is 0 Å². The lowest BCUT2D eigenvalue weighted by Crippen LogP contribution is -1.96. The van der Waals surface area contributed by atoms with Crippen LogP contribution in [-0.2, 0) is 0 Å². The Morgan fingerprint density at radius 1 is 0.429 bits per heavy atom. The van der Waals surface area contributed by atoms with Gasteiger partial charge in [-0.1, -0.05) is 127 Å². The lowest BCUT2D eigenvalue weighted by Gasteiger charge is -2.15. The lowest BCUT2D eigenvalue weighted by molar-refractivity contribution is 0.854. The van der Waals surface area contributed by atoms with Gasteiger partial charge in [-0.3, -0.25) is 4.98 Å². The third-order valence-corrected chi connectivity index (χ3v) is 8.04. The molecule has 1 atom stereocenters. The SMILES string of the molecule is C1=CCC(c2cccc(-c3cccc(-c4cccc(-c5cccc(-c6cccc(-c7ccccn7)c6)c5)c4)c3)c2)C=C1. The molecular weight excluding hydrogens is 506 g/mol. The monoisotopic (exact) mass is 537 g/mol. The first-order valence-electron chi connectivity index (χ1n) is 14.6. The summed E-state index contributed by atoms with van der Waals surface area (Å²) in [6, 6.07) is 50.2. The van der Waals surface area contributed by atoms with E-state index in [1.807, 2.05) is 18.3 Å². The van der Waals surface area contributed by atoms with Crippen LogP contribution in [0.15, 0.2) is 170 Å². The van der Waals surface area contributed by atoms with E-state index >= 15 is 0 Å². The van der Waals surface area contributed by atoms with Gasteiger partial charge < -0.3 is 0 Å². The van der Waals surface area contributed by atoms with Gasteiger partial charge in [0.25, 0.3) is 0 Å². The maximum Gasteiger partial charge on any atom is 0.0702 e. The number of hydrogen-bond donors (Lipinski definition) is 0. The van der Waals surface area contributed by atoms with Crippen molar-refractivity contribution in [2.75, 3.05) is 0 Å². The molecule has 0 N–H and O–H groups in total. The Morgan fingerprint density at radius 2 is 0.905 bits per heavy atom. The fraction of sp³-hybridized carbons (Fsp3) is 0.0488. The van der Waals surface area contributed by atoms with Crippen LogP contribution in [0.2, 0.25) is 0 Å². The smallest absolute Gasteiger partial charge is 0.0702 e. The van der Waals surface area contributed by atoms with Gasteiger partial charge in [-0.2, -0.15) is 0 Å². The van der Waals surface area contributed by atoms with Gasteiger partial charge in [-0.15, -0.1) is 0 Å². The highest BCUT2D eigenvalue weighted by Gasteiger charge is 2.11. The van der Waals surface area contributed by atoms with E-state index in [0.717, 1.165) is 17.7 Å². The van der Waals surface area contributed by atoms with Crippen LogP contribution in [0.5, 0.6) is 0 Å². The van der Waals surface area contributed by atoms with Crippen molar-refractivity contribution >= 4 is 0 Å². The highest BCUT2D eigenvalue weighted by molar-refractivity contribution is 5.80. The lowest BCUT2D eigenvalue weighted by atomic mass is 9.90. The van der Waals surface area contributed by atoms with E-state index in [2.05, 4.69) is 157 Å². The molecule has 5 aromatic carbocycles. The Balaban J connectivity index is 1.18. The molecular formula is C41H31N. The molecule has 0 bridgehead atoms. The number of hydrogen-bond acceptors (Lipinski definition) is 1. The molecule has 0 spiro atoms. The number of rotatable bonds is 6. The summed E-state index contributed by atoms with van der Waals surface area (Å²) in [5, 5.41) is 0. The van der Waals surface area contributed by atoms with E-state index < -0.39 is 0 Å². The fourth-order valence-electron chi connectivity index (χ4n) is 5.80. The van der Waals surface area contributed by atoms with E-state index in [4.69, 9.17) is 0 Å². The molecule has 0 aliphatic heterocycles. The predicted octanol–water partition coefficient (Wildman–Crippen LogP) is 11.0. The minimum absolute atomic E-state index is 0.447. The van der Waals surface area contributed by atoms with Gasteiger partial charge in [0.2, 0.25) is 0 Å². The third kappa shape index (κ3) is 5.50. The zero-order valence-electron chi connectivity index (χ0n) is 23.4. The zero-order valence-corrected chi connectivity index (χ0v) is 23.4. The van der Waals surface area contributed by atoms with Gasteiger partial charge >= 0.3 is 0 Å². The van der Waals surface area contributed by atoms with Crippen molar-refractivity contribution in [3.63, 3.8) is 0 Å². The van der Waals surface area contributed by atoms with Crippen molar-refractivity contribution in [3.05, 3.63) is 176 Å². The first-order valence-corrected chi connectivity index (χ1v) is 14.6. The second kappa shape index (κ2) is 11.7. The minimum atomic E-state index is 0.447. The van der Waals surface area contributed by atoms with Crippen molar-refractivity contribution in [1.82, 2.24) is 4.98 Å². The molecule has 1 nitrogen and oxygen atoms in total. The molecule has 0 saturated heterocycles. The normalized spacial score (nSPS) is 14.1. The topological polar surface area (TPSA) is 12.9 Å². The fourth-order valence-corrected chi connectivity index (χ4v) is 5.80. The molecule has 1 heterocycles. The van der Waals surface area contributed by atoms with Crippen LogP contribution in [0, 0.1) is 0 Å². The van der Waals surface area contributed by atoms with Gasteiger partial charge in [0.1, 0.15) is 0 Å². The maximum atomic E-state index is 4.53. The molecule has 1 aliphatic rings. The van der Waals surface area contributed by atoms with Crippen LogP contribution in [0.1, 0.15) is 17.9 Å². The molecule has 1 aromatic heterocycles. The standard InChI is InChI=1S/C41H31N/c1-2-11-30(12-3-1)31-13-6-14-32(25-31)33-15-7-16-34(26-33)35-17-8-18-36(27-35)37-19-9-20-38(28-37)39-21-10-22-40(29-39)41-23-4-5-24-42-41/h1-11,13-30H,12H2. The number of allylic oxidation sites excluding steroid dienone is 4. The van der Waals surface area contributed by atoms with Gasteiger partial charge in [-0.25, -0.2) is 0 Å². The number of aromatic nitrogens is 1. The molecule has 6 aromatic rings. The van der Waals surface area contributed by atoms with Gasteiger partial charge in [0.05, 0.1) is 5.69 Å². The van der Waals surface area contributed by atoms with Crippen molar-refractivity contribution in [2.45, 2.75) is 12.3 Å². The minimum Gasteiger partial charge on any atom is -0.256 e. The number of pyridine rings is 1. The second-order valence-corrected chi connectivity index (χ2v) is 10.8. The van der Waals surface area contributed by atoms with Gasteiger partial charge in [0, 0.05) is 17.7 Å². The summed E-state index contributed by atoms with van der Waals surface area (Å²) in [5.41, 5.74) is 13.2. The van der Waals surface area contributed by atoms with E-state index in [-0.39, 0.29) is 0 Å². The van der Waals surface area contributed by atoms with E-state index in [1.54, 1.807) is 0 Å². The first-order chi connectivity index (χ1) is 20.8. The van der Waals surface area contributed by atoms with Crippen molar-refractivity contribution in [2.24, 2.45) is 0 Å². The zero-order chi connectivity index (χ0) is 28.1. The molecule has 0 saturated carbocycles. The number of nitrogens with zero attached hydrogens (tertiary/aromatic N) is 1. The molecule has 0 fully saturated rings. The second-order valence-electron chi connectivity index (χ2n) is 10.8. The summed E-state index contributed by atoms with van der Waals surface area (Å²) in [6.07, 6.45) is 11.7. The van der Waals surface area contributed by atoms with Crippen molar-refractivity contribution in [1.29, 1.82) is 0 Å². The van der Waals surface area contributed by atoms with E-state index in [1.165, 1.54) is 50.1 Å². The van der Waals surface area contributed by atoms with Crippen LogP contribution < -0.4 is 0 Å². The number of benzene rings is 5. The first kappa shape index (κ1) is 25.7. The summed E-state index contributed by atoms with van der Waals surface area (Å²) < 4.78 is 0. The highest BCUT2D eigenvalue weighted by Crippen LogP contribution is 2.34. The molecule has 0 radical (unpaired) electrons. The van der Waals surface area contributed by atoms with Crippen LogP contribution in [0.3, 0.4) is 0 Å². The largest absolute Gasteiger partial charge is 0.256 e. The Labute approximate surface area is 248 Å². The predicted molar refractivity (Wildman–Crippen MR) is 177 cm³/mol. The molecule has 1 heteroatoms. The van der Waals surface area contributed by atoms with Crippen LogP contribution in [-0.4, -0.2) is 4.98 Å². The summed E-state index contributed by atoms with van der Waals surface area (Å²) in [7, 11) is 0. The van der Waals surface area contributed by atoms with E-state index in [9.17, 15) is 0 Å². The summed E-state index contributed by atoms with van der Waals surface area (Å²) in [6.45, 7) is 0. The Bertz CT molecular complexity index is 1910. The average Bonchev–Trinajstić information content (AvgIpc) is 3.09. The maximum absolute atomic E-state index is 4.53. The Kier molecular flexibility index (Phi) is 7.15. The van der Waals surface area contributed by atoms with Crippen LogP contribution in [0.4, 0.5) is 0 Å². The average molecular weight is 538 g/mol. The summed E-state index contributed by atoms with van der Waals surface area (Å²) in [4.78, 5) is 4.53. The Morgan fingerprint density at radius 3 is 1.38 bits per heavy atom. The highest BCUT2D eigenvalue weighted by atomic mass is 14.7. The molecule has 7 rings (SSSR count). The molecule has 200 valence electrons. The molecule has 1 aliphatic carbocycles. The quantitative estimate of drug-likeness (QED) is 0.206. The van der Waals surface area contributed by atoms with Gasteiger partial charge in [0.15, 0.2) is 0 Å². The molecule has 1 unspecified atom stereocenters. The van der Waals surface area contributed by atoms with Crippen LogP contribution >= 0.6 is 0 Å². The third-order valence-electron chi connectivity index (χ3n) is 8.04. The Hall–Kier alpha value is -5.27. The van der Waals surface area contributed by atoms with Crippen molar-refractivity contribution in [3.8, 4) is 55.8 Å².